The fourth-order valence-electron chi connectivity index (χ4n) is 2.69. The maximum absolute atomic E-state index is 10.9. The summed E-state index contributed by atoms with van der Waals surface area (Å²) >= 11 is 5.82. The molecule has 0 radical (unpaired) electrons. The Bertz CT molecular complexity index is 485. The third-order valence-electron chi connectivity index (χ3n) is 3.96. The molecule has 2 rings (SSSR count). The Balaban J connectivity index is 2.12. The number of alkyl halides is 1. The summed E-state index contributed by atoms with van der Waals surface area (Å²) < 4.78 is 0. The van der Waals surface area contributed by atoms with Crippen molar-refractivity contribution in [2.75, 3.05) is 32.1 Å². The van der Waals surface area contributed by atoms with Crippen molar-refractivity contribution in [3.8, 4) is 0 Å². The summed E-state index contributed by atoms with van der Waals surface area (Å²) in [6, 6.07) is 5.85. The number of nitrogens with zero attached hydrogens (tertiary/aromatic N) is 3. The van der Waals surface area contributed by atoms with Crippen molar-refractivity contribution in [3.05, 3.63) is 33.9 Å². The molecule has 1 heterocycles. The van der Waals surface area contributed by atoms with Crippen LogP contribution in [0.15, 0.2) is 18.2 Å². The number of hydrogen-bond donors (Lipinski definition) is 0. The second-order valence-corrected chi connectivity index (χ2v) is 5.65. The lowest BCUT2D eigenvalue weighted by molar-refractivity contribution is -0.385. The van der Waals surface area contributed by atoms with Gasteiger partial charge in [0, 0.05) is 36.4 Å². The number of benzene rings is 1. The highest BCUT2D eigenvalue weighted by atomic mass is 35.5. The highest BCUT2D eigenvalue weighted by Crippen LogP contribution is 2.28. The Kier molecular flexibility index (Phi) is 4.83. The molecule has 0 atom stereocenters. The lowest BCUT2D eigenvalue weighted by atomic mass is 10.0. The highest BCUT2D eigenvalue weighted by Gasteiger charge is 2.22. The van der Waals surface area contributed by atoms with E-state index < -0.39 is 0 Å². The van der Waals surface area contributed by atoms with E-state index in [0.717, 1.165) is 31.6 Å². The third kappa shape index (κ3) is 3.22. The molecule has 1 aliphatic rings. The molecule has 0 amide bonds. The van der Waals surface area contributed by atoms with Gasteiger partial charge in [-0.15, -0.1) is 11.6 Å². The molecule has 1 aromatic carbocycles. The average Bonchev–Trinajstić information content (AvgIpc) is 2.46. The van der Waals surface area contributed by atoms with Crippen LogP contribution < -0.4 is 4.90 Å². The molecule has 6 heteroatoms. The zero-order chi connectivity index (χ0) is 14.7. The van der Waals surface area contributed by atoms with Crippen LogP contribution in [0.25, 0.3) is 0 Å². The van der Waals surface area contributed by atoms with E-state index in [1.54, 1.807) is 6.07 Å². The fraction of sp³-hybridized carbons (Fsp3) is 0.571. The number of nitro benzene ring substituents is 1. The normalized spacial score (nSPS) is 16.7. The van der Waals surface area contributed by atoms with Gasteiger partial charge < -0.3 is 9.80 Å². The van der Waals surface area contributed by atoms with Crippen LogP contribution in [0.4, 0.5) is 11.4 Å². The SMILES string of the molecule is CN(C)C1CCN(c2ccc([N+](=O)[O-])c(CCl)c2)CC1. The van der Waals surface area contributed by atoms with E-state index in [4.69, 9.17) is 11.6 Å². The molecule has 0 bridgehead atoms. The molecule has 0 saturated carbocycles. The van der Waals surface area contributed by atoms with Crippen molar-refractivity contribution in [2.45, 2.75) is 24.8 Å². The maximum Gasteiger partial charge on any atom is 0.273 e. The molecule has 0 N–H and O–H groups in total. The second-order valence-electron chi connectivity index (χ2n) is 5.39. The first-order valence-electron chi connectivity index (χ1n) is 6.77. The van der Waals surface area contributed by atoms with E-state index in [2.05, 4.69) is 23.9 Å². The summed E-state index contributed by atoms with van der Waals surface area (Å²) in [7, 11) is 4.22. The number of rotatable bonds is 4. The summed E-state index contributed by atoms with van der Waals surface area (Å²) in [6.07, 6.45) is 2.22. The van der Waals surface area contributed by atoms with Crippen LogP contribution in [0, 0.1) is 10.1 Å². The standard InChI is InChI=1S/C14H20ClN3O2/c1-16(2)12-5-7-17(8-6-12)13-3-4-14(18(19)20)11(9-13)10-15/h3-4,9,12H,5-8,10H2,1-2H3. The first-order chi connectivity index (χ1) is 9.52. The monoisotopic (exact) mass is 297 g/mol. The Morgan fingerprint density at radius 3 is 2.55 bits per heavy atom. The first-order valence-corrected chi connectivity index (χ1v) is 7.31. The molecule has 1 aliphatic heterocycles. The number of hydrogen-bond acceptors (Lipinski definition) is 4. The van der Waals surface area contributed by atoms with Crippen LogP contribution in [-0.2, 0) is 5.88 Å². The number of nitro groups is 1. The van der Waals surface area contributed by atoms with E-state index >= 15 is 0 Å². The molecule has 110 valence electrons. The van der Waals surface area contributed by atoms with Gasteiger partial charge >= 0.3 is 0 Å². The minimum atomic E-state index is -0.375. The molecular weight excluding hydrogens is 278 g/mol. The van der Waals surface area contributed by atoms with Gasteiger partial charge in [-0.05, 0) is 39.1 Å². The molecule has 20 heavy (non-hydrogen) atoms. The molecular formula is C14H20ClN3O2. The van der Waals surface area contributed by atoms with E-state index in [-0.39, 0.29) is 16.5 Å². The first kappa shape index (κ1) is 15.1. The molecule has 0 unspecified atom stereocenters. The molecule has 1 aromatic rings. The zero-order valence-corrected chi connectivity index (χ0v) is 12.6. The number of anilines is 1. The smallest absolute Gasteiger partial charge is 0.273 e. The van der Waals surface area contributed by atoms with E-state index in [0.29, 0.717) is 11.6 Å². The summed E-state index contributed by atoms with van der Waals surface area (Å²) in [5.41, 5.74) is 1.72. The van der Waals surface area contributed by atoms with Crippen LogP contribution in [-0.4, -0.2) is 43.0 Å². The lowest BCUT2D eigenvalue weighted by Crippen LogP contribution is -2.42. The topological polar surface area (TPSA) is 49.6 Å². The maximum atomic E-state index is 10.9. The van der Waals surface area contributed by atoms with Crippen LogP contribution in [0.2, 0.25) is 0 Å². The van der Waals surface area contributed by atoms with Gasteiger partial charge in [-0.1, -0.05) is 0 Å². The fourth-order valence-corrected chi connectivity index (χ4v) is 2.91. The Morgan fingerprint density at radius 1 is 1.40 bits per heavy atom. The molecule has 1 saturated heterocycles. The van der Waals surface area contributed by atoms with Crippen molar-refractivity contribution >= 4 is 23.0 Å². The molecule has 1 fully saturated rings. The van der Waals surface area contributed by atoms with Crippen molar-refractivity contribution < 1.29 is 4.92 Å². The quantitative estimate of drug-likeness (QED) is 0.487. The van der Waals surface area contributed by atoms with Crippen molar-refractivity contribution in [1.82, 2.24) is 4.90 Å². The van der Waals surface area contributed by atoms with Crippen molar-refractivity contribution in [1.29, 1.82) is 0 Å². The van der Waals surface area contributed by atoms with Crippen molar-refractivity contribution in [3.63, 3.8) is 0 Å². The van der Waals surface area contributed by atoms with E-state index in [9.17, 15) is 10.1 Å². The zero-order valence-electron chi connectivity index (χ0n) is 11.9. The van der Waals surface area contributed by atoms with Crippen LogP contribution >= 0.6 is 11.6 Å². The van der Waals surface area contributed by atoms with Gasteiger partial charge in [-0.3, -0.25) is 10.1 Å². The predicted octanol–water partition coefficient (Wildman–Crippen LogP) is 2.86. The Hall–Kier alpha value is -1.33. The minimum absolute atomic E-state index is 0.104. The number of halogens is 1. The summed E-state index contributed by atoms with van der Waals surface area (Å²) in [5.74, 6) is 0.165. The van der Waals surface area contributed by atoms with Crippen molar-refractivity contribution in [2.24, 2.45) is 0 Å². The van der Waals surface area contributed by atoms with Gasteiger partial charge in [-0.25, -0.2) is 0 Å². The lowest BCUT2D eigenvalue weighted by Gasteiger charge is -2.36. The molecule has 0 aromatic heterocycles. The van der Waals surface area contributed by atoms with Gasteiger partial charge in [0.1, 0.15) is 0 Å². The summed E-state index contributed by atoms with van der Waals surface area (Å²) in [6.45, 7) is 1.95. The molecule has 0 spiro atoms. The van der Waals surface area contributed by atoms with Crippen LogP contribution in [0.3, 0.4) is 0 Å². The predicted molar refractivity (Wildman–Crippen MR) is 81.6 cm³/mol. The second kappa shape index (κ2) is 6.41. The Labute approximate surface area is 124 Å². The molecule has 5 nitrogen and oxygen atoms in total. The van der Waals surface area contributed by atoms with Gasteiger partial charge in [0.2, 0.25) is 0 Å². The van der Waals surface area contributed by atoms with Gasteiger partial charge in [-0.2, -0.15) is 0 Å². The molecule has 0 aliphatic carbocycles. The van der Waals surface area contributed by atoms with E-state index in [1.165, 1.54) is 0 Å². The average molecular weight is 298 g/mol. The summed E-state index contributed by atoms with van der Waals surface area (Å²) in [4.78, 5) is 15.1. The van der Waals surface area contributed by atoms with Gasteiger partial charge in [0.05, 0.1) is 10.8 Å². The van der Waals surface area contributed by atoms with Gasteiger partial charge in [0.15, 0.2) is 0 Å². The summed E-state index contributed by atoms with van der Waals surface area (Å²) in [5, 5.41) is 10.9. The van der Waals surface area contributed by atoms with Gasteiger partial charge in [0.25, 0.3) is 5.69 Å². The van der Waals surface area contributed by atoms with E-state index in [1.807, 2.05) is 12.1 Å². The largest absolute Gasteiger partial charge is 0.371 e. The third-order valence-corrected chi connectivity index (χ3v) is 4.25. The number of piperidine rings is 1. The Morgan fingerprint density at radius 2 is 2.05 bits per heavy atom. The minimum Gasteiger partial charge on any atom is -0.371 e. The van der Waals surface area contributed by atoms with Crippen LogP contribution in [0.5, 0.6) is 0 Å². The van der Waals surface area contributed by atoms with Crippen LogP contribution in [0.1, 0.15) is 18.4 Å². The highest BCUT2D eigenvalue weighted by molar-refractivity contribution is 6.17.